The van der Waals surface area contributed by atoms with Crippen LogP contribution in [0.2, 0.25) is 10.0 Å². The van der Waals surface area contributed by atoms with E-state index in [9.17, 15) is 0 Å². The SMILES string of the molecule is NNC(Cc1c(Cl)cccc1Cl)c1ccnnc1. The molecule has 0 saturated carbocycles. The van der Waals surface area contributed by atoms with Gasteiger partial charge in [-0.2, -0.15) is 10.2 Å². The molecule has 6 heteroatoms. The first kappa shape index (κ1) is 13.2. The van der Waals surface area contributed by atoms with Gasteiger partial charge in [0, 0.05) is 16.2 Å². The van der Waals surface area contributed by atoms with Crippen LogP contribution in [0.25, 0.3) is 0 Å². The standard InChI is InChI=1S/C12H12Cl2N4/c13-10-2-1-3-11(14)9(10)6-12(18-15)8-4-5-16-17-7-8/h1-5,7,12,18H,6,15H2. The number of nitrogens with two attached hydrogens (primary N) is 1. The number of hydrazine groups is 1. The third-order valence-electron chi connectivity index (χ3n) is 2.68. The first-order valence-electron chi connectivity index (χ1n) is 5.38. The molecule has 0 bridgehead atoms. The van der Waals surface area contributed by atoms with E-state index in [0.29, 0.717) is 16.5 Å². The summed E-state index contributed by atoms with van der Waals surface area (Å²) in [5, 5.41) is 8.82. The lowest BCUT2D eigenvalue weighted by Crippen LogP contribution is -2.29. The minimum atomic E-state index is -0.113. The fraction of sp³-hybridized carbons (Fsp3) is 0.167. The molecule has 1 atom stereocenters. The number of aromatic nitrogens is 2. The molecule has 94 valence electrons. The second-order valence-electron chi connectivity index (χ2n) is 3.80. The van der Waals surface area contributed by atoms with Gasteiger partial charge in [0.2, 0.25) is 0 Å². The van der Waals surface area contributed by atoms with Gasteiger partial charge in [0.25, 0.3) is 0 Å². The molecule has 4 nitrogen and oxygen atoms in total. The predicted octanol–water partition coefficient (Wildman–Crippen LogP) is 2.53. The molecule has 0 saturated heterocycles. The summed E-state index contributed by atoms with van der Waals surface area (Å²) < 4.78 is 0. The molecular weight excluding hydrogens is 271 g/mol. The topological polar surface area (TPSA) is 63.8 Å². The first-order valence-corrected chi connectivity index (χ1v) is 6.13. The molecule has 2 aromatic rings. The largest absolute Gasteiger partial charge is 0.271 e. The van der Waals surface area contributed by atoms with Crippen molar-refractivity contribution in [3.05, 3.63) is 57.8 Å². The van der Waals surface area contributed by atoms with Crippen LogP contribution in [-0.2, 0) is 6.42 Å². The highest BCUT2D eigenvalue weighted by molar-refractivity contribution is 6.36. The molecule has 0 radical (unpaired) electrons. The summed E-state index contributed by atoms with van der Waals surface area (Å²) in [4.78, 5) is 0. The van der Waals surface area contributed by atoms with Crippen molar-refractivity contribution >= 4 is 23.2 Å². The van der Waals surface area contributed by atoms with Crippen molar-refractivity contribution in [2.45, 2.75) is 12.5 Å². The van der Waals surface area contributed by atoms with Gasteiger partial charge in [-0.15, -0.1) is 0 Å². The highest BCUT2D eigenvalue weighted by Crippen LogP contribution is 2.28. The molecule has 18 heavy (non-hydrogen) atoms. The normalized spacial score (nSPS) is 12.4. The molecule has 3 N–H and O–H groups in total. The average molecular weight is 283 g/mol. The van der Waals surface area contributed by atoms with Gasteiger partial charge in [0.05, 0.1) is 12.2 Å². The lowest BCUT2D eigenvalue weighted by Gasteiger charge is -2.17. The van der Waals surface area contributed by atoms with Crippen molar-refractivity contribution in [2.24, 2.45) is 5.84 Å². The molecule has 0 spiro atoms. The summed E-state index contributed by atoms with van der Waals surface area (Å²) in [7, 11) is 0. The zero-order valence-corrected chi connectivity index (χ0v) is 11.0. The van der Waals surface area contributed by atoms with E-state index in [4.69, 9.17) is 29.0 Å². The van der Waals surface area contributed by atoms with Crippen molar-refractivity contribution in [2.75, 3.05) is 0 Å². The molecule has 0 aliphatic rings. The van der Waals surface area contributed by atoms with E-state index < -0.39 is 0 Å². The molecule has 1 heterocycles. The maximum Gasteiger partial charge on any atom is 0.0544 e. The van der Waals surface area contributed by atoms with Crippen molar-refractivity contribution in [3.63, 3.8) is 0 Å². The zero-order valence-electron chi connectivity index (χ0n) is 9.48. The maximum absolute atomic E-state index is 6.14. The quantitative estimate of drug-likeness (QED) is 0.668. The van der Waals surface area contributed by atoms with Crippen molar-refractivity contribution in [3.8, 4) is 0 Å². The Kier molecular flexibility index (Phi) is 4.49. The van der Waals surface area contributed by atoms with Crippen LogP contribution >= 0.6 is 23.2 Å². The number of benzene rings is 1. The minimum Gasteiger partial charge on any atom is -0.271 e. The molecule has 1 aromatic carbocycles. The van der Waals surface area contributed by atoms with Crippen LogP contribution in [-0.4, -0.2) is 10.2 Å². The fourth-order valence-electron chi connectivity index (χ4n) is 1.71. The van der Waals surface area contributed by atoms with E-state index >= 15 is 0 Å². The van der Waals surface area contributed by atoms with Gasteiger partial charge in [0.1, 0.15) is 0 Å². The second-order valence-corrected chi connectivity index (χ2v) is 4.61. The van der Waals surface area contributed by atoms with E-state index in [2.05, 4.69) is 15.6 Å². The summed E-state index contributed by atoms with van der Waals surface area (Å²) in [6, 6.07) is 7.16. The van der Waals surface area contributed by atoms with Gasteiger partial charge in [-0.3, -0.25) is 11.3 Å². The smallest absolute Gasteiger partial charge is 0.0544 e. The van der Waals surface area contributed by atoms with Gasteiger partial charge >= 0.3 is 0 Å². The fourth-order valence-corrected chi connectivity index (χ4v) is 2.26. The highest BCUT2D eigenvalue weighted by Gasteiger charge is 2.15. The zero-order chi connectivity index (χ0) is 13.0. The van der Waals surface area contributed by atoms with Gasteiger partial charge < -0.3 is 0 Å². The van der Waals surface area contributed by atoms with E-state index in [-0.39, 0.29) is 6.04 Å². The highest BCUT2D eigenvalue weighted by atomic mass is 35.5. The molecule has 0 aliphatic heterocycles. The monoisotopic (exact) mass is 282 g/mol. The Bertz CT molecular complexity index is 498. The Labute approximate surface area is 115 Å². The number of hydrogen-bond acceptors (Lipinski definition) is 4. The minimum absolute atomic E-state index is 0.113. The van der Waals surface area contributed by atoms with Crippen molar-refractivity contribution in [1.29, 1.82) is 0 Å². The molecule has 0 amide bonds. The molecular formula is C12H12Cl2N4. The Morgan fingerprint density at radius 3 is 2.44 bits per heavy atom. The Hall–Kier alpha value is -1.20. The van der Waals surface area contributed by atoms with Gasteiger partial charge in [-0.25, -0.2) is 0 Å². The van der Waals surface area contributed by atoms with E-state index in [1.54, 1.807) is 24.5 Å². The van der Waals surface area contributed by atoms with Gasteiger partial charge in [-0.05, 0) is 35.7 Å². The van der Waals surface area contributed by atoms with Crippen LogP contribution < -0.4 is 11.3 Å². The van der Waals surface area contributed by atoms with Crippen LogP contribution in [0, 0.1) is 0 Å². The van der Waals surface area contributed by atoms with Crippen LogP contribution in [0.1, 0.15) is 17.2 Å². The van der Waals surface area contributed by atoms with Crippen molar-refractivity contribution < 1.29 is 0 Å². The third kappa shape index (κ3) is 2.97. The molecule has 0 fully saturated rings. The van der Waals surface area contributed by atoms with Crippen molar-refractivity contribution in [1.82, 2.24) is 15.6 Å². The lowest BCUT2D eigenvalue weighted by molar-refractivity contribution is 0.549. The molecule has 1 unspecified atom stereocenters. The van der Waals surface area contributed by atoms with E-state index in [1.165, 1.54) is 0 Å². The van der Waals surface area contributed by atoms with Gasteiger partial charge in [-0.1, -0.05) is 29.3 Å². The first-order chi connectivity index (χ1) is 8.72. The average Bonchev–Trinajstić information content (AvgIpc) is 2.40. The van der Waals surface area contributed by atoms with E-state index in [0.717, 1.165) is 11.1 Å². The lowest BCUT2D eigenvalue weighted by atomic mass is 10.0. The maximum atomic E-state index is 6.14. The van der Waals surface area contributed by atoms with Crippen LogP contribution in [0.15, 0.2) is 36.7 Å². The Balaban J connectivity index is 2.26. The molecule has 2 rings (SSSR count). The number of hydrogen-bond donors (Lipinski definition) is 2. The summed E-state index contributed by atoms with van der Waals surface area (Å²) >= 11 is 12.3. The Morgan fingerprint density at radius 1 is 1.17 bits per heavy atom. The number of nitrogens with zero attached hydrogens (tertiary/aromatic N) is 2. The number of rotatable bonds is 4. The summed E-state index contributed by atoms with van der Waals surface area (Å²) in [5.41, 5.74) is 4.53. The molecule has 1 aromatic heterocycles. The van der Waals surface area contributed by atoms with Crippen LogP contribution in [0.5, 0.6) is 0 Å². The Morgan fingerprint density at radius 2 is 1.89 bits per heavy atom. The predicted molar refractivity (Wildman–Crippen MR) is 72.3 cm³/mol. The van der Waals surface area contributed by atoms with Crippen LogP contribution in [0.4, 0.5) is 0 Å². The number of halogens is 2. The van der Waals surface area contributed by atoms with Crippen LogP contribution in [0.3, 0.4) is 0 Å². The summed E-state index contributed by atoms with van der Waals surface area (Å²) in [6.45, 7) is 0. The third-order valence-corrected chi connectivity index (χ3v) is 3.39. The van der Waals surface area contributed by atoms with Gasteiger partial charge in [0.15, 0.2) is 0 Å². The number of nitrogens with one attached hydrogen (secondary N) is 1. The summed E-state index contributed by atoms with van der Waals surface area (Å²) in [6.07, 6.45) is 3.86. The second kappa shape index (κ2) is 6.11. The molecule has 0 aliphatic carbocycles. The van der Waals surface area contributed by atoms with E-state index in [1.807, 2.05) is 12.1 Å². The summed E-state index contributed by atoms with van der Waals surface area (Å²) in [5.74, 6) is 5.57.